The average molecular weight is 170 g/mol. The van der Waals surface area contributed by atoms with Gasteiger partial charge in [-0.2, -0.15) is 0 Å². The molecule has 2 heteroatoms. The number of hydrogen-bond acceptors (Lipinski definition) is 2. The van der Waals surface area contributed by atoms with Crippen LogP contribution in [0.3, 0.4) is 0 Å². The Bertz CT molecular complexity index is 154. The predicted octanol–water partition coefficient (Wildman–Crippen LogP) is 2.38. The molecule has 0 aromatic rings. The standard InChI is InChI=1S/C10H18O2/c1-3-12-10(11)9-6-4-5-8(2)7-9/h8-9H,3-7H2,1-2H3/t8-,9+/m0/s1. The topological polar surface area (TPSA) is 26.3 Å². The van der Waals surface area contributed by atoms with E-state index in [1.165, 1.54) is 12.8 Å². The first kappa shape index (κ1) is 9.56. The Labute approximate surface area is 74.3 Å². The van der Waals surface area contributed by atoms with E-state index in [-0.39, 0.29) is 11.9 Å². The lowest BCUT2D eigenvalue weighted by Crippen LogP contribution is -2.23. The van der Waals surface area contributed by atoms with Gasteiger partial charge in [-0.25, -0.2) is 0 Å². The van der Waals surface area contributed by atoms with E-state index in [4.69, 9.17) is 4.74 Å². The molecule has 0 N–H and O–H groups in total. The van der Waals surface area contributed by atoms with Crippen molar-refractivity contribution in [2.45, 2.75) is 39.5 Å². The summed E-state index contributed by atoms with van der Waals surface area (Å²) in [6, 6.07) is 0. The molecule has 1 fully saturated rings. The summed E-state index contributed by atoms with van der Waals surface area (Å²) in [5, 5.41) is 0. The zero-order valence-corrected chi connectivity index (χ0v) is 8.01. The third-order valence-electron chi connectivity index (χ3n) is 2.56. The van der Waals surface area contributed by atoms with E-state index in [2.05, 4.69) is 6.92 Å². The Hall–Kier alpha value is -0.530. The van der Waals surface area contributed by atoms with E-state index < -0.39 is 0 Å². The van der Waals surface area contributed by atoms with Crippen LogP contribution in [0.25, 0.3) is 0 Å². The molecule has 0 radical (unpaired) electrons. The van der Waals surface area contributed by atoms with Crippen LogP contribution in [-0.2, 0) is 9.53 Å². The minimum absolute atomic E-state index is 0.0176. The van der Waals surface area contributed by atoms with Gasteiger partial charge in [-0.3, -0.25) is 4.79 Å². The number of carbonyl (C=O) groups excluding carboxylic acids is 1. The second kappa shape index (κ2) is 4.48. The van der Waals surface area contributed by atoms with Crippen molar-refractivity contribution in [2.75, 3.05) is 6.61 Å². The summed E-state index contributed by atoms with van der Waals surface area (Å²) in [6.07, 6.45) is 4.52. The van der Waals surface area contributed by atoms with Crippen LogP contribution in [0.1, 0.15) is 39.5 Å². The smallest absolute Gasteiger partial charge is 0.308 e. The third-order valence-corrected chi connectivity index (χ3v) is 2.56. The molecule has 1 aliphatic carbocycles. The van der Waals surface area contributed by atoms with Gasteiger partial charge in [0.2, 0.25) is 0 Å². The predicted molar refractivity (Wildman–Crippen MR) is 47.8 cm³/mol. The summed E-state index contributed by atoms with van der Waals surface area (Å²) in [5.41, 5.74) is 0. The third kappa shape index (κ3) is 2.50. The molecule has 12 heavy (non-hydrogen) atoms. The molecule has 0 aliphatic heterocycles. The van der Waals surface area contributed by atoms with Gasteiger partial charge in [0.1, 0.15) is 0 Å². The van der Waals surface area contributed by atoms with Gasteiger partial charge in [0.15, 0.2) is 0 Å². The first-order chi connectivity index (χ1) is 5.74. The van der Waals surface area contributed by atoms with E-state index in [1.807, 2.05) is 6.92 Å². The fourth-order valence-corrected chi connectivity index (χ4v) is 1.91. The average Bonchev–Trinajstić information content (AvgIpc) is 2.05. The molecule has 0 heterocycles. The highest BCUT2D eigenvalue weighted by atomic mass is 16.5. The molecule has 0 aromatic heterocycles. The quantitative estimate of drug-likeness (QED) is 0.595. The van der Waals surface area contributed by atoms with Crippen molar-refractivity contribution in [2.24, 2.45) is 11.8 Å². The van der Waals surface area contributed by atoms with Crippen LogP contribution in [0.2, 0.25) is 0 Å². The molecule has 0 spiro atoms. The monoisotopic (exact) mass is 170 g/mol. The summed E-state index contributed by atoms with van der Waals surface area (Å²) in [4.78, 5) is 11.3. The van der Waals surface area contributed by atoms with Crippen molar-refractivity contribution in [1.82, 2.24) is 0 Å². The maximum atomic E-state index is 11.3. The summed E-state index contributed by atoms with van der Waals surface area (Å²) in [5.74, 6) is 0.908. The van der Waals surface area contributed by atoms with Gasteiger partial charge >= 0.3 is 5.97 Å². The minimum atomic E-state index is 0.0176. The molecule has 70 valence electrons. The molecule has 2 atom stereocenters. The van der Waals surface area contributed by atoms with Crippen LogP contribution < -0.4 is 0 Å². The number of rotatable bonds is 2. The van der Waals surface area contributed by atoms with Crippen LogP contribution >= 0.6 is 0 Å². The molecule has 0 unspecified atom stereocenters. The van der Waals surface area contributed by atoms with Crippen LogP contribution in [0, 0.1) is 11.8 Å². The van der Waals surface area contributed by atoms with Gasteiger partial charge < -0.3 is 4.74 Å². The lowest BCUT2D eigenvalue weighted by molar-refractivity contribution is -0.149. The number of hydrogen-bond donors (Lipinski definition) is 0. The Kier molecular flexibility index (Phi) is 3.57. The second-order valence-corrected chi connectivity index (χ2v) is 3.72. The van der Waals surface area contributed by atoms with E-state index in [0.29, 0.717) is 12.5 Å². The number of carbonyl (C=O) groups is 1. The molecule has 0 amide bonds. The minimum Gasteiger partial charge on any atom is -0.466 e. The van der Waals surface area contributed by atoms with Crippen LogP contribution in [0.5, 0.6) is 0 Å². The van der Waals surface area contributed by atoms with Gasteiger partial charge in [0, 0.05) is 0 Å². The van der Waals surface area contributed by atoms with E-state index in [1.54, 1.807) is 0 Å². The lowest BCUT2D eigenvalue weighted by atomic mass is 9.82. The summed E-state index contributed by atoms with van der Waals surface area (Å²) < 4.78 is 4.99. The molecule has 1 aliphatic rings. The Morgan fingerprint density at radius 3 is 2.83 bits per heavy atom. The highest BCUT2D eigenvalue weighted by Gasteiger charge is 2.25. The maximum absolute atomic E-state index is 11.3. The highest BCUT2D eigenvalue weighted by Crippen LogP contribution is 2.29. The first-order valence-corrected chi connectivity index (χ1v) is 4.90. The van der Waals surface area contributed by atoms with Crippen LogP contribution in [0.15, 0.2) is 0 Å². The number of esters is 1. The number of ether oxygens (including phenoxy) is 1. The van der Waals surface area contributed by atoms with E-state index in [0.717, 1.165) is 12.8 Å². The van der Waals surface area contributed by atoms with E-state index >= 15 is 0 Å². The molecule has 1 saturated carbocycles. The fraction of sp³-hybridized carbons (Fsp3) is 0.900. The van der Waals surface area contributed by atoms with E-state index in [9.17, 15) is 4.79 Å². The van der Waals surface area contributed by atoms with Crippen molar-refractivity contribution in [3.05, 3.63) is 0 Å². The van der Waals surface area contributed by atoms with Gasteiger partial charge in [0.05, 0.1) is 12.5 Å². The molecule has 1 rings (SSSR count). The summed E-state index contributed by atoms with van der Waals surface area (Å²) in [6.45, 7) is 4.60. The fourth-order valence-electron chi connectivity index (χ4n) is 1.91. The largest absolute Gasteiger partial charge is 0.466 e. The first-order valence-electron chi connectivity index (χ1n) is 4.90. The van der Waals surface area contributed by atoms with Crippen molar-refractivity contribution >= 4 is 5.97 Å². The maximum Gasteiger partial charge on any atom is 0.308 e. The van der Waals surface area contributed by atoms with Crippen LogP contribution in [-0.4, -0.2) is 12.6 Å². The van der Waals surface area contributed by atoms with Crippen molar-refractivity contribution in [1.29, 1.82) is 0 Å². The molecule has 2 nitrogen and oxygen atoms in total. The summed E-state index contributed by atoms with van der Waals surface area (Å²) in [7, 11) is 0. The molecular formula is C10H18O2. The zero-order chi connectivity index (χ0) is 8.97. The molecule has 0 aromatic carbocycles. The SMILES string of the molecule is CCOC(=O)[C@@H]1CCC[C@H](C)C1. The van der Waals surface area contributed by atoms with Crippen LogP contribution in [0.4, 0.5) is 0 Å². The van der Waals surface area contributed by atoms with Crippen molar-refractivity contribution in [3.63, 3.8) is 0 Å². The lowest BCUT2D eigenvalue weighted by Gasteiger charge is -2.24. The molecule has 0 saturated heterocycles. The Morgan fingerprint density at radius 2 is 2.25 bits per heavy atom. The van der Waals surface area contributed by atoms with Crippen molar-refractivity contribution < 1.29 is 9.53 Å². The second-order valence-electron chi connectivity index (χ2n) is 3.72. The normalized spacial score (nSPS) is 29.8. The van der Waals surface area contributed by atoms with Gasteiger partial charge in [-0.15, -0.1) is 0 Å². The van der Waals surface area contributed by atoms with Gasteiger partial charge in [0.25, 0.3) is 0 Å². The Morgan fingerprint density at radius 1 is 1.50 bits per heavy atom. The van der Waals surface area contributed by atoms with Gasteiger partial charge in [-0.1, -0.05) is 19.8 Å². The molecule has 0 bridgehead atoms. The van der Waals surface area contributed by atoms with Crippen molar-refractivity contribution in [3.8, 4) is 0 Å². The summed E-state index contributed by atoms with van der Waals surface area (Å²) >= 11 is 0. The van der Waals surface area contributed by atoms with Gasteiger partial charge in [-0.05, 0) is 25.7 Å². The molecular weight excluding hydrogens is 152 g/mol. The zero-order valence-electron chi connectivity index (χ0n) is 8.01. The Balaban J connectivity index is 2.35. The highest BCUT2D eigenvalue weighted by molar-refractivity contribution is 5.72.